The van der Waals surface area contributed by atoms with Gasteiger partial charge in [0.15, 0.2) is 11.6 Å². The fourth-order valence-corrected chi connectivity index (χ4v) is 9.99. The lowest BCUT2D eigenvalue weighted by Crippen LogP contribution is -2.68. The molecule has 0 unspecified atom stereocenters. The Balaban J connectivity index is 1.78. The molecule has 8 nitrogen and oxygen atoms in total. The van der Waals surface area contributed by atoms with Gasteiger partial charge in [-0.1, -0.05) is 39.3 Å². The molecule has 3 fully saturated rings. The van der Waals surface area contributed by atoms with Gasteiger partial charge in [0.2, 0.25) is 0 Å². The zero-order valence-corrected chi connectivity index (χ0v) is 26.3. The van der Waals surface area contributed by atoms with E-state index in [2.05, 4.69) is 13.0 Å². The highest BCUT2D eigenvalue weighted by Gasteiger charge is 2.76. The SMILES string of the molecule is CC(=O)OC(C)(C)/C=C/C(=O)[C@](C)(O)[C@H]1[C@H](O)C[C@@]2(C)[C@@H]3CC=C4C(C)(C)C(=O)[C@@H](O)C[C@@]4(C)[C@]3(C)C(=O)C[C@]12C. The highest BCUT2D eigenvalue weighted by molar-refractivity contribution is 5.98. The standard InChI is InChI=1S/C33H48O8/c1-18(34)41-27(2,3)14-13-23(37)33(10,40)25-19(35)15-29(6)22-12-11-21-28(4,5)26(39)20(36)16-30(21,7)32(22,9)24(38)17-31(25,29)8/h11,13-14,19-20,22,25,35-36,40H,12,15-17H2,1-10H3/b14-13+/t19-,20+,22+,25+,29+,30-,31-,32+,33+/m1/s1. The normalized spacial score (nSPS) is 43.5. The number of carbonyl (C=O) groups excluding carboxylic acids is 4. The van der Waals surface area contributed by atoms with E-state index in [1.165, 1.54) is 26.0 Å². The summed E-state index contributed by atoms with van der Waals surface area (Å²) in [5.41, 5.74) is -6.38. The summed E-state index contributed by atoms with van der Waals surface area (Å²) in [6.45, 7) is 17.5. The topological polar surface area (TPSA) is 138 Å². The van der Waals surface area contributed by atoms with Crippen LogP contribution in [-0.2, 0) is 23.9 Å². The molecule has 4 aliphatic rings. The molecule has 0 radical (unpaired) electrons. The van der Waals surface area contributed by atoms with Gasteiger partial charge in [0.1, 0.15) is 23.1 Å². The minimum Gasteiger partial charge on any atom is -0.456 e. The van der Waals surface area contributed by atoms with Crippen molar-refractivity contribution in [2.75, 3.05) is 0 Å². The molecule has 8 heteroatoms. The number of carbonyl (C=O) groups is 4. The van der Waals surface area contributed by atoms with E-state index in [0.717, 1.165) is 5.57 Å². The van der Waals surface area contributed by atoms with Crippen molar-refractivity contribution in [2.45, 2.75) is 118 Å². The number of aliphatic hydroxyl groups excluding tert-OH is 2. The molecule has 0 bridgehead atoms. The molecular weight excluding hydrogens is 524 g/mol. The smallest absolute Gasteiger partial charge is 0.303 e. The highest BCUT2D eigenvalue weighted by Crippen LogP contribution is 2.76. The summed E-state index contributed by atoms with van der Waals surface area (Å²) in [5, 5.41) is 34.3. The Morgan fingerprint density at radius 3 is 2.15 bits per heavy atom. The summed E-state index contributed by atoms with van der Waals surface area (Å²) >= 11 is 0. The van der Waals surface area contributed by atoms with Gasteiger partial charge in [0.05, 0.1) is 6.10 Å². The maximum Gasteiger partial charge on any atom is 0.303 e. The Labute approximate surface area is 243 Å². The van der Waals surface area contributed by atoms with Crippen LogP contribution in [0.15, 0.2) is 23.8 Å². The molecule has 0 amide bonds. The molecule has 0 saturated heterocycles. The third-order valence-electron chi connectivity index (χ3n) is 12.2. The van der Waals surface area contributed by atoms with E-state index in [1.54, 1.807) is 13.8 Å². The number of rotatable bonds is 5. The second-order valence-corrected chi connectivity index (χ2v) is 15.4. The lowest BCUT2D eigenvalue weighted by atomic mass is 9.34. The van der Waals surface area contributed by atoms with Gasteiger partial charge in [-0.05, 0) is 82.8 Å². The van der Waals surface area contributed by atoms with Crippen LogP contribution in [0.1, 0.15) is 94.9 Å². The van der Waals surface area contributed by atoms with Crippen LogP contribution in [0.4, 0.5) is 0 Å². The number of ether oxygens (including phenoxy) is 1. The lowest BCUT2D eigenvalue weighted by Gasteiger charge is -2.68. The molecule has 4 rings (SSSR count). The predicted octanol–water partition coefficient (Wildman–Crippen LogP) is 3.89. The lowest BCUT2D eigenvalue weighted by molar-refractivity contribution is -0.194. The van der Waals surface area contributed by atoms with E-state index in [-0.39, 0.29) is 36.7 Å². The Bertz CT molecular complexity index is 1260. The molecule has 228 valence electrons. The monoisotopic (exact) mass is 572 g/mol. The van der Waals surface area contributed by atoms with E-state index in [1.807, 2.05) is 34.6 Å². The molecule has 4 aliphatic carbocycles. The van der Waals surface area contributed by atoms with E-state index in [9.17, 15) is 34.5 Å². The van der Waals surface area contributed by atoms with Crippen LogP contribution in [0.3, 0.4) is 0 Å². The van der Waals surface area contributed by atoms with Crippen LogP contribution in [0.5, 0.6) is 0 Å². The Morgan fingerprint density at radius 2 is 1.59 bits per heavy atom. The summed E-state index contributed by atoms with van der Waals surface area (Å²) in [6, 6.07) is 0. The summed E-state index contributed by atoms with van der Waals surface area (Å²) in [7, 11) is 0. The largest absolute Gasteiger partial charge is 0.456 e. The van der Waals surface area contributed by atoms with Crippen molar-refractivity contribution >= 4 is 23.3 Å². The molecule has 3 N–H and O–H groups in total. The van der Waals surface area contributed by atoms with Crippen LogP contribution in [0, 0.1) is 38.9 Å². The fourth-order valence-electron chi connectivity index (χ4n) is 9.99. The maximum absolute atomic E-state index is 14.5. The molecule has 3 saturated carbocycles. The average molecular weight is 573 g/mol. The average Bonchev–Trinajstić information content (AvgIpc) is 3.01. The molecule has 0 heterocycles. The Kier molecular flexibility index (Phi) is 7.10. The predicted molar refractivity (Wildman–Crippen MR) is 152 cm³/mol. The molecule has 0 aromatic heterocycles. The van der Waals surface area contributed by atoms with Crippen molar-refractivity contribution in [3.63, 3.8) is 0 Å². The fraction of sp³-hybridized carbons (Fsp3) is 0.758. The molecule has 0 aromatic carbocycles. The first kappa shape index (κ1) is 31.8. The van der Waals surface area contributed by atoms with Gasteiger partial charge in [-0.2, -0.15) is 0 Å². The first-order valence-electron chi connectivity index (χ1n) is 14.7. The van der Waals surface area contributed by atoms with E-state index in [0.29, 0.717) is 6.42 Å². The molecule has 0 aromatic rings. The summed E-state index contributed by atoms with van der Waals surface area (Å²) in [4.78, 5) is 52.5. The van der Waals surface area contributed by atoms with Crippen molar-refractivity contribution in [3.8, 4) is 0 Å². The van der Waals surface area contributed by atoms with Gasteiger partial charge in [-0.3, -0.25) is 19.2 Å². The van der Waals surface area contributed by atoms with Crippen molar-refractivity contribution in [1.82, 2.24) is 0 Å². The number of ketones is 3. The first-order chi connectivity index (χ1) is 18.4. The third kappa shape index (κ3) is 4.10. The molecule has 9 atom stereocenters. The van der Waals surface area contributed by atoms with E-state index < -0.39 is 68.2 Å². The van der Waals surface area contributed by atoms with Gasteiger partial charge >= 0.3 is 5.97 Å². The van der Waals surface area contributed by atoms with Crippen LogP contribution < -0.4 is 0 Å². The Hall–Kier alpha value is -2.16. The molecular formula is C33H48O8. The third-order valence-corrected chi connectivity index (χ3v) is 12.2. The first-order valence-corrected chi connectivity index (χ1v) is 14.7. The zero-order chi connectivity index (χ0) is 31.4. The van der Waals surface area contributed by atoms with Crippen LogP contribution in [0.25, 0.3) is 0 Å². The van der Waals surface area contributed by atoms with Crippen molar-refractivity contribution in [3.05, 3.63) is 23.8 Å². The van der Waals surface area contributed by atoms with Gasteiger partial charge in [-0.25, -0.2) is 0 Å². The number of allylic oxidation sites excluding steroid dienone is 2. The molecule has 41 heavy (non-hydrogen) atoms. The van der Waals surface area contributed by atoms with Gasteiger partial charge < -0.3 is 20.1 Å². The van der Waals surface area contributed by atoms with Crippen LogP contribution in [0.2, 0.25) is 0 Å². The van der Waals surface area contributed by atoms with E-state index >= 15 is 0 Å². The summed E-state index contributed by atoms with van der Waals surface area (Å²) < 4.78 is 5.24. The quantitative estimate of drug-likeness (QED) is 0.256. The van der Waals surface area contributed by atoms with Crippen LogP contribution in [-0.4, -0.2) is 62.0 Å². The maximum atomic E-state index is 14.5. The van der Waals surface area contributed by atoms with Crippen molar-refractivity contribution in [1.29, 1.82) is 0 Å². The zero-order valence-electron chi connectivity index (χ0n) is 26.3. The number of fused-ring (bicyclic) bond motifs is 5. The summed E-state index contributed by atoms with van der Waals surface area (Å²) in [6.07, 6.45) is 3.45. The number of hydrogen-bond acceptors (Lipinski definition) is 8. The summed E-state index contributed by atoms with van der Waals surface area (Å²) in [5.74, 6) is -2.61. The number of Topliss-reactive ketones (excluding diaryl/α,β-unsaturated/α-hetero) is 2. The minimum atomic E-state index is -2.00. The van der Waals surface area contributed by atoms with Gasteiger partial charge in [0.25, 0.3) is 0 Å². The van der Waals surface area contributed by atoms with Crippen LogP contribution >= 0.6 is 0 Å². The number of hydrogen-bond donors (Lipinski definition) is 3. The number of esters is 1. The second-order valence-electron chi connectivity index (χ2n) is 15.4. The van der Waals surface area contributed by atoms with Gasteiger partial charge in [-0.15, -0.1) is 0 Å². The molecule has 0 aliphatic heterocycles. The van der Waals surface area contributed by atoms with Crippen molar-refractivity contribution in [2.24, 2.45) is 38.9 Å². The number of aliphatic hydroxyl groups is 3. The minimum absolute atomic E-state index is 0.0393. The van der Waals surface area contributed by atoms with Crippen molar-refractivity contribution < 1.29 is 39.2 Å². The molecule has 0 spiro atoms. The van der Waals surface area contributed by atoms with Gasteiger partial charge in [0, 0.05) is 35.5 Å². The second kappa shape index (κ2) is 9.17. The van der Waals surface area contributed by atoms with E-state index in [4.69, 9.17) is 4.74 Å². The highest BCUT2D eigenvalue weighted by atomic mass is 16.6. The Morgan fingerprint density at radius 1 is 1.00 bits per heavy atom.